The van der Waals surface area contributed by atoms with E-state index in [4.69, 9.17) is 16.1 Å². The highest BCUT2D eigenvalue weighted by Gasteiger charge is 2.19. The lowest BCUT2D eigenvalue weighted by Gasteiger charge is -2.07. The van der Waals surface area contributed by atoms with Crippen LogP contribution in [0.3, 0.4) is 0 Å². The van der Waals surface area contributed by atoms with Crippen LogP contribution in [0.4, 0.5) is 5.69 Å². The van der Waals surface area contributed by atoms with Crippen LogP contribution in [-0.4, -0.2) is 20.8 Å². The Hall–Kier alpha value is -3.38. The molecule has 4 rings (SSSR count). The Morgan fingerprint density at radius 1 is 1.10 bits per heavy atom. The standard InChI is InChI=1S/C23H21ClN4O2/c1-14-7-9-17(10-8-14)13-28-16(3)22(15(2)26-28)25-23(29)20-12-21(30-27-20)18-5-4-6-19(24)11-18/h4-12H,13H2,1-3H3,(H,25,29). The second-order valence-electron chi connectivity index (χ2n) is 7.23. The van der Waals surface area contributed by atoms with Crippen molar-refractivity contribution < 1.29 is 9.32 Å². The van der Waals surface area contributed by atoms with Crippen molar-refractivity contribution in [2.75, 3.05) is 5.32 Å². The summed E-state index contributed by atoms with van der Waals surface area (Å²) in [6.07, 6.45) is 0. The molecule has 152 valence electrons. The summed E-state index contributed by atoms with van der Waals surface area (Å²) in [5.41, 5.74) is 5.60. The van der Waals surface area contributed by atoms with Crippen molar-refractivity contribution in [2.45, 2.75) is 27.3 Å². The molecule has 1 N–H and O–H groups in total. The average molecular weight is 421 g/mol. The van der Waals surface area contributed by atoms with E-state index in [0.717, 1.165) is 22.5 Å². The summed E-state index contributed by atoms with van der Waals surface area (Å²) >= 11 is 6.02. The first-order valence-corrected chi connectivity index (χ1v) is 9.92. The monoisotopic (exact) mass is 420 g/mol. The van der Waals surface area contributed by atoms with Crippen LogP contribution in [0.5, 0.6) is 0 Å². The lowest BCUT2D eigenvalue weighted by molar-refractivity contribution is 0.101. The summed E-state index contributed by atoms with van der Waals surface area (Å²) in [7, 11) is 0. The fourth-order valence-corrected chi connectivity index (χ4v) is 3.43. The molecular formula is C23H21ClN4O2. The maximum absolute atomic E-state index is 12.7. The van der Waals surface area contributed by atoms with Crippen molar-refractivity contribution in [1.29, 1.82) is 0 Å². The van der Waals surface area contributed by atoms with Crippen molar-refractivity contribution in [2.24, 2.45) is 0 Å². The van der Waals surface area contributed by atoms with Crippen molar-refractivity contribution >= 4 is 23.2 Å². The van der Waals surface area contributed by atoms with E-state index in [1.165, 1.54) is 5.56 Å². The number of nitrogens with one attached hydrogen (secondary N) is 1. The minimum Gasteiger partial charge on any atom is -0.355 e. The van der Waals surface area contributed by atoms with E-state index in [1.807, 2.05) is 30.7 Å². The summed E-state index contributed by atoms with van der Waals surface area (Å²) in [6, 6.07) is 17.1. The molecule has 2 aromatic heterocycles. The zero-order valence-corrected chi connectivity index (χ0v) is 17.7. The van der Waals surface area contributed by atoms with E-state index in [2.05, 4.69) is 46.8 Å². The second-order valence-corrected chi connectivity index (χ2v) is 7.67. The molecule has 0 saturated heterocycles. The Kier molecular flexibility index (Phi) is 5.42. The number of hydrogen-bond donors (Lipinski definition) is 1. The lowest BCUT2D eigenvalue weighted by Crippen LogP contribution is -2.13. The number of aryl methyl sites for hydroxylation is 2. The van der Waals surface area contributed by atoms with E-state index in [0.29, 0.717) is 23.0 Å². The van der Waals surface area contributed by atoms with Gasteiger partial charge in [0.2, 0.25) is 0 Å². The smallest absolute Gasteiger partial charge is 0.277 e. The van der Waals surface area contributed by atoms with Crippen LogP contribution in [-0.2, 0) is 6.54 Å². The van der Waals surface area contributed by atoms with Gasteiger partial charge in [0.05, 0.1) is 23.6 Å². The first-order valence-electron chi connectivity index (χ1n) is 9.54. The highest BCUT2D eigenvalue weighted by Crippen LogP contribution is 2.25. The Morgan fingerprint density at radius 3 is 2.60 bits per heavy atom. The molecule has 0 aliphatic carbocycles. The van der Waals surface area contributed by atoms with Gasteiger partial charge in [-0.05, 0) is 38.5 Å². The van der Waals surface area contributed by atoms with Crippen molar-refractivity contribution in [3.63, 3.8) is 0 Å². The highest BCUT2D eigenvalue weighted by atomic mass is 35.5. The first-order chi connectivity index (χ1) is 14.4. The third-order valence-electron chi connectivity index (χ3n) is 4.92. The zero-order chi connectivity index (χ0) is 21.3. The van der Waals surface area contributed by atoms with Crippen LogP contribution < -0.4 is 5.32 Å². The summed E-state index contributed by atoms with van der Waals surface area (Å²) in [5.74, 6) is 0.124. The van der Waals surface area contributed by atoms with Gasteiger partial charge in [0.15, 0.2) is 11.5 Å². The molecule has 0 unspecified atom stereocenters. The first kappa shape index (κ1) is 19.9. The van der Waals surface area contributed by atoms with Crippen LogP contribution in [0, 0.1) is 20.8 Å². The lowest BCUT2D eigenvalue weighted by atomic mass is 10.1. The molecule has 0 radical (unpaired) electrons. The highest BCUT2D eigenvalue weighted by molar-refractivity contribution is 6.30. The maximum atomic E-state index is 12.7. The van der Waals surface area contributed by atoms with Gasteiger partial charge in [-0.25, -0.2) is 0 Å². The zero-order valence-electron chi connectivity index (χ0n) is 16.9. The van der Waals surface area contributed by atoms with Gasteiger partial charge >= 0.3 is 0 Å². The Bertz CT molecular complexity index is 1210. The molecule has 2 heterocycles. The Labute approximate surface area is 179 Å². The van der Waals surface area contributed by atoms with Gasteiger partial charge in [-0.15, -0.1) is 0 Å². The van der Waals surface area contributed by atoms with Crippen LogP contribution in [0.25, 0.3) is 11.3 Å². The van der Waals surface area contributed by atoms with E-state index in [1.54, 1.807) is 18.2 Å². The summed E-state index contributed by atoms with van der Waals surface area (Å²) < 4.78 is 7.21. The van der Waals surface area contributed by atoms with Gasteiger partial charge in [-0.2, -0.15) is 5.10 Å². The number of rotatable bonds is 5. The number of anilines is 1. The number of hydrogen-bond acceptors (Lipinski definition) is 4. The fraction of sp³-hybridized carbons (Fsp3) is 0.174. The quantitative estimate of drug-likeness (QED) is 0.468. The van der Waals surface area contributed by atoms with E-state index in [9.17, 15) is 4.79 Å². The minimum atomic E-state index is -0.354. The molecule has 0 fully saturated rings. The Morgan fingerprint density at radius 2 is 1.87 bits per heavy atom. The minimum absolute atomic E-state index is 0.190. The van der Waals surface area contributed by atoms with E-state index in [-0.39, 0.29) is 11.6 Å². The number of carbonyl (C=O) groups is 1. The molecule has 30 heavy (non-hydrogen) atoms. The van der Waals surface area contributed by atoms with Crippen LogP contribution in [0.1, 0.15) is 33.0 Å². The van der Waals surface area contributed by atoms with Gasteiger partial charge in [0, 0.05) is 16.7 Å². The summed E-state index contributed by atoms with van der Waals surface area (Å²) in [4.78, 5) is 12.7. The summed E-state index contributed by atoms with van der Waals surface area (Å²) in [5, 5.41) is 12.0. The van der Waals surface area contributed by atoms with Crippen LogP contribution >= 0.6 is 11.6 Å². The number of aromatic nitrogens is 3. The van der Waals surface area contributed by atoms with Gasteiger partial charge in [-0.3, -0.25) is 9.48 Å². The Balaban J connectivity index is 1.52. The van der Waals surface area contributed by atoms with Crippen LogP contribution in [0.15, 0.2) is 59.1 Å². The fourth-order valence-electron chi connectivity index (χ4n) is 3.24. The summed E-state index contributed by atoms with van der Waals surface area (Å²) in [6.45, 7) is 6.49. The van der Waals surface area contributed by atoms with Crippen molar-refractivity contribution in [3.05, 3.63) is 87.8 Å². The molecule has 6 nitrogen and oxygen atoms in total. The second kappa shape index (κ2) is 8.16. The van der Waals surface area contributed by atoms with Crippen molar-refractivity contribution in [1.82, 2.24) is 14.9 Å². The molecule has 0 saturated carbocycles. The van der Waals surface area contributed by atoms with Gasteiger partial charge < -0.3 is 9.84 Å². The maximum Gasteiger partial charge on any atom is 0.277 e. The largest absolute Gasteiger partial charge is 0.355 e. The predicted octanol–water partition coefficient (Wildman–Crippen LogP) is 5.42. The number of carbonyl (C=O) groups excluding carboxylic acids is 1. The molecule has 2 aromatic carbocycles. The molecule has 7 heteroatoms. The van der Waals surface area contributed by atoms with Crippen molar-refractivity contribution in [3.8, 4) is 11.3 Å². The average Bonchev–Trinajstić information content (AvgIpc) is 3.31. The van der Waals surface area contributed by atoms with Gasteiger partial charge in [0.25, 0.3) is 5.91 Å². The predicted molar refractivity (Wildman–Crippen MR) is 117 cm³/mol. The number of benzene rings is 2. The third-order valence-corrected chi connectivity index (χ3v) is 5.16. The van der Waals surface area contributed by atoms with Gasteiger partial charge in [-0.1, -0.05) is 58.7 Å². The topological polar surface area (TPSA) is 73.0 Å². The number of halogens is 1. The molecule has 0 atom stereocenters. The van der Waals surface area contributed by atoms with E-state index >= 15 is 0 Å². The normalized spacial score (nSPS) is 10.9. The third kappa shape index (κ3) is 4.14. The van der Waals surface area contributed by atoms with Gasteiger partial charge in [0.1, 0.15) is 0 Å². The molecule has 1 amide bonds. The molecule has 0 spiro atoms. The molecule has 0 aliphatic heterocycles. The van der Waals surface area contributed by atoms with E-state index < -0.39 is 0 Å². The molecular weight excluding hydrogens is 400 g/mol. The SMILES string of the molecule is Cc1ccc(Cn2nc(C)c(NC(=O)c3cc(-c4cccc(Cl)c4)on3)c2C)cc1. The number of nitrogens with zero attached hydrogens (tertiary/aromatic N) is 3. The van der Waals surface area contributed by atoms with Crippen LogP contribution in [0.2, 0.25) is 5.02 Å². The molecule has 4 aromatic rings. The number of amides is 1. The molecule has 0 bridgehead atoms. The molecule has 0 aliphatic rings.